The van der Waals surface area contributed by atoms with E-state index in [9.17, 15) is 4.79 Å². The van der Waals surface area contributed by atoms with Gasteiger partial charge in [-0.25, -0.2) is 0 Å². The van der Waals surface area contributed by atoms with Crippen LogP contribution < -0.4 is 4.90 Å². The maximum Gasteiger partial charge on any atom is 0.244 e. The summed E-state index contributed by atoms with van der Waals surface area (Å²) in [5.74, 6) is 1.33. The minimum absolute atomic E-state index is 0.129. The normalized spacial score (nSPS) is 17.3. The Labute approximate surface area is 164 Å². The predicted octanol–water partition coefficient (Wildman–Crippen LogP) is 3.29. The van der Waals surface area contributed by atoms with Gasteiger partial charge >= 0.3 is 0 Å². The Kier molecular flexibility index (Phi) is 5.48. The molecule has 0 spiro atoms. The van der Waals surface area contributed by atoms with Gasteiger partial charge in [-0.3, -0.25) is 9.69 Å². The zero-order valence-electron chi connectivity index (χ0n) is 16.0. The van der Waals surface area contributed by atoms with E-state index in [1.54, 1.807) is 0 Å². The second kappa shape index (κ2) is 8.35. The summed E-state index contributed by atoms with van der Waals surface area (Å²) in [6, 6.07) is 19.7. The summed E-state index contributed by atoms with van der Waals surface area (Å²) in [6.07, 6.45) is 2.45. The van der Waals surface area contributed by atoms with E-state index in [0.29, 0.717) is 24.7 Å². The molecule has 144 valence electrons. The molecular formula is C22H24N4O2. The van der Waals surface area contributed by atoms with E-state index < -0.39 is 0 Å². The Morgan fingerprint density at radius 2 is 1.82 bits per heavy atom. The van der Waals surface area contributed by atoms with Crippen molar-refractivity contribution in [2.45, 2.75) is 31.8 Å². The van der Waals surface area contributed by atoms with Crippen molar-refractivity contribution in [3.8, 4) is 0 Å². The van der Waals surface area contributed by atoms with E-state index >= 15 is 0 Å². The zero-order chi connectivity index (χ0) is 19.3. The van der Waals surface area contributed by atoms with Crippen LogP contribution in [0.4, 0.5) is 5.69 Å². The molecule has 6 nitrogen and oxygen atoms in total. The molecule has 2 heterocycles. The molecule has 1 aliphatic rings. The Morgan fingerprint density at radius 1 is 1.11 bits per heavy atom. The van der Waals surface area contributed by atoms with E-state index in [1.807, 2.05) is 77.5 Å². The predicted molar refractivity (Wildman–Crippen MR) is 107 cm³/mol. The third-order valence-corrected chi connectivity index (χ3v) is 5.11. The van der Waals surface area contributed by atoms with E-state index in [4.69, 9.17) is 4.52 Å². The van der Waals surface area contributed by atoms with Crippen LogP contribution >= 0.6 is 0 Å². The molecule has 28 heavy (non-hydrogen) atoms. The molecule has 1 saturated heterocycles. The van der Waals surface area contributed by atoms with Crippen molar-refractivity contribution in [1.82, 2.24) is 15.0 Å². The Bertz CT molecular complexity index is 911. The number of nitrogens with zero attached hydrogens (tertiary/aromatic N) is 4. The maximum absolute atomic E-state index is 13.0. The van der Waals surface area contributed by atoms with Crippen molar-refractivity contribution in [3.63, 3.8) is 0 Å². The number of likely N-dealkylation sites (N-methyl/N-ethyl adjacent to an activating group) is 1. The van der Waals surface area contributed by atoms with E-state index in [-0.39, 0.29) is 11.9 Å². The van der Waals surface area contributed by atoms with Crippen molar-refractivity contribution >= 4 is 11.6 Å². The lowest BCUT2D eigenvalue weighted by atomic mass is 10.0. The van der Waals surface area contributed by atoms with Gasteiger partial charge in [-0.2, -0.15) is 4.98 Å². The van der Waals surface area contributed by atoms with Gasteiger partial charge in [-0.1, -0.05) is 53.7 Å². The second-order valence-corrected chi connectivity index (χ2v) is 7.17. The number of para-hydroxylation sites is 1. The van der Waals surface area contributed by atoms with Gasteiger partial charge < -0.3 is 9.42 Å². The lowest BCUT2D eigenvalue weighted by molar-refractivity contribution is -0.125. The molecule has 0 radical (unpaired) electrons. The molecular weight excluding hydrogens is 352 g/mol. The van der Waals surface area contributed by atoms with Crippen LogP contribution in [-0.4, -0.2) is 40.6 Å². The molecule has 6 heteroatoms. The highest BCUT2D eigenvalue weighted by Gasteiger charge is 2.33. The van der Waals surface area contributed by atoms with Crippen LogP contribution in [0.25, 0.3) is 0 Å². The molecule has 0 saturated carbocycles. The summed E-state index contributed by atoms with van der Waals surface area (Å²) in [5.41, 5.74) is 2.10. The fourth-order valence-corrected chi connectivity index (χ4v) is 3.66. The summed E-state index contributed by atoms with van der Waals surface area (Å²) in [6.45, 7) is 1.22. The number of amides is 1. The van der Waals surface area contributed by atoms with Gasteiger partial charge in [0.05, 0.1) is 12.6 Å². The smallest absolute Gasteiger partial charge is 0.244 e. The molecule has 0 aliphatic carbocycles. The summed E-state index contributed by atoms with van der Waals surface area (Å²) in [5, 5.41) is 4.08. The molecule has 1 fully saturated rings. The van der Waals surface area contributed by atoms with Crippen LogP contribution in [0.15, 0.2) is 65.2 Å². The lowest BCUT2D eigenvalue weighted by Crippen LogP contribution is -2.51. The summed E-state index contributed by atoms with van der Waals surface area (Å²) in [7, 11) is 1.94. The maximum atomic E-state index is 13.0. The van der Waals surface area contributed by atoms with E-state index in [0.717, 1.165) is 30.6 Å². The molecule has 2 aromatic carbocycles. The number of aromatic nitrogens is 2. The average Bonchev–Trinajstić information content (AvgIpc) is 3.16. The number of hydrogen-bond donors (Lipinski definition) is 0. The van der Waals surface area contributed by atoms with Crippen LogP contribution in [0.1, 0.15) is 30.1 Å². The van der Waals surface area contributed by atoms with Crippen LogP contribution in [0.5, 0.6) is 0 Å². The molecule has 1 aromatic heterocycles. The van der Waals surface area contributed by atoms with Crippen LogP contribution in [0.2, 0.25) is 0 Å². The molecule has 1 unspecified atom stereocenters. The summed E-state index contributed by atoms with van der Waals surface area (Å²) < 4.78 is 5.42. The van der Waals surface area contributed by atoms with Gasteiger partial charge in [-0.05, 0) is 37.6 Å². The number of benzene rings is 2. The highest BCUT2D eigenvalue weighted by atomic mass is 16.5. The first kappa shape index (κ1) is 18.4. The first-order valence-corrected chi connectivity index (χ1v) is 9.63. The molecule has 1 atom stereocenters. The fraction of sp³-hybridized carbons (Fsp3) is 0.318. The van der Waals surface area contributed by atoms with Crippen molar-refractivity contribution in [2.24, 2.45) is 0 Å². The topological polar surface area (TPSA) is 62.5 Å². The number of piperidine rings is 1. The summed E-state index contributed by atoms with van der Waals surface area (Å²) in [4.78, 5) is 21.4. The molecule has 0 bridgehead atoms. The van der Waals surface area contributed by atoms with E-state index in [1.165, 1.54) is 0 Å². The fourth-order valence-electron chi connectivity index (χ4n) is 3.66. The first-order chi connectivity index (χ1) is 13.7. The lowest BCUT2D eigenvalue weighted by Gasteiger charge is -2.36. The minimum atomic E-state index is -0.182. The second-order valence-electron chi connectivity index (χ2n) is 7.17. The number of rotatable bonds is 6. The quantitative estimate of drug-likeness (QED) is 0.661. The van der Waals surface area contributed by atoms with Gasteiger partial charge in [0, 0.05) is 18.7 Å². The van der Waals surface area contributed by atoms with Crippen molar-refractivity contribution in [3.05, 3.63) is 77.9 Å². The SMILES string of the molecule is CN(Cc1nc(Cc2ccccc2)no1)C1CCCN(c2ccccc2)C1=O. The number of hydrogen-bond acceptors (Lipinski definition) is 5. The number of anilines is 1. The highest BCUT2D eigenvalue weighted by Crippen LogP contribution is 2.23. The minimum Gasteiger partial charge on any atom is -0.338 e. The largest absolute Gasteiger partial charge is 0.338 e. The third kappa shape index (κ3) is 4.12. The van der Waals surface area contributed by atoms with Crippen molar-refractivity contribution < 1.29 is 9.32 Å². The molecule has 1 aliphatic heterocycles. The van der Waals surface area contributed by atoms with Crippen LogP contribution in [-0.2, 0) is 17.8 Å². The Balaban J connectivity index is 1.40. The van der Waals surface area contributed by atoms with E-state index in [2.05, 4.69) is 10.1 Å². The van der Waals surface area contributed by atoms with Crippen LogP contribution in [0.3, 0.4) is 0 Å². The molecule has 1 amide bonds. The average molecular weight is 376 g/mol. The Morgan fingerprint density at radius 3 is 2.57 bits per heavy atom. The van der Waals surface area contributed by atoms with Gasteiger partial charge in [0.1, 0.15) is 0 Å². The first-order valence-electron chi connectivity index (χ1n) is 9.63. The van der Waals surface area contributed by atoms with Crippen molar-refractivity contribution in [1.29, 1.82) is 0 Å². The number of carbonyl (C=O) groups excluding carboxylic acids is 1. The zero-order valence-corrected chi connectivity index (χ0v) is 16.0. The van der Waals surface area contributed by atoms with Gasteiger partial charge in [-0.15, -0.1) is 0 Å². The van der Waals surface area contributed by atoms with Crippen molar-refractivity contribution in [2.75, 3.05) is 18.5 Å². The summed E-state index contributed by atoms with van der Waals surface area (Å²) >= 11 is 0. The van der Waals surface area contributed by atoms with Crippen LogP contribution in [0, 0.1) is 0 Å². The third-order valence-electron chi connectivity index (χ3n) is 5.11. The number of carbonyl (C=O) groups is 1. The molecule has 4 rings (SSSR count). The van der Waals surface area contributed by atoms with Gasteiger partial charge in [0.25, 0.3) is 0 Å². The monoisotopic (exact) mass is 376 g/mol. The molecule has 3 aromatic rings. The van der Waals surface area contributed by atoms with Gasteiger partial charge in [0.15, 0.2) is 5.82 Å². The highest BCUT2D eigenvalue weighted by molar-refractivity contribution is 5.97. The molecule has 0 N–H and O–H groups in total. The van der Waals surface area contributed by atoms with Gasteiger partial charge in [0.2, 0.25) is 11.8 Å². The standard InChI is InChI=1S/C22H24N4O2/c1-25(16-21-23-20(24-28-21)15-17-9-4-2-5-10-17)19-13-8-14-26(22(19)27)18-11-6-3-7-12-18/h2-7,9-12,19H,8,13-16H2,1H3. The Hall–Kier alpha value is -2.99.